The summed E-state index contributed by atoms with van der Waals surface area (Å²) in [5.74, 6) is -0.346. The van der Waals surface area contributed by atoms with Crippen LogP contribution in [0.3, 0.4) is 0 Å². The summed E-state index contributed by atoms with van der Waals surface area (Å²) in [5.41, 5.74) is 2.03. The molecule has 0 aliphatic rings. The fourth-order valence-corrected chi connectivity index (χ4v) is 2.20. The normalized spacial score (nSPS) is 10.2. The molecule has 2 rings (SSSR count). The van der Waals surface area contributed by atoms with E-state index in [0.717, 1.165) is 10.0 Å². The van der Waals surface area contributed by atoms with Gasteiger partial charge in [-0.05, 0) is 29.8 Å². The molecule has 2 aromatic carbocycles. The molecule has 19 heavy (non-hydrogen) atoms. The van der Waals surface area contributed by atoms with Gasteiger partial charge in [-0.2, -0.15) is 5.26 Å². The minimum absolute atomic E-state index is 0.341. The van der Waals surface area contributed by atoms with E-state index in [2.05, 4.69) is 21.2 Å². The van der Waals surface area contributed by atoms with Crippen LogP contribution < -0.4 is 5.32 Å². The van der Waals surface area contributed by atoms with Crippen LogP contribution >= 0.6 is 15.9 Å². The molecule has 0 unspecified atom stereocenters. The van der Waals surface area contributed by atoms with E-state index in [0.29, 0.717) is 24.2 Å². The van der Waals surface area contributed by atoms with Crippen molar-refractivity contribution >= 4 is 15.9 Å². The van der Waals surface area contributed by atoms with Crippen LogP contribution in [-0.2, 0) is 13.1 Å². The lowest BCUT2D eigenvalue weighted by Gasteiger charge is -2.07. The highest BCUT2D eigenvalue weighted by atomic mass is 79.9. The summed E-state index contributed by atoms with van der Waals surface area (Å²) in [6.07, 6.45) is 0. The number of hydrogen-bond donors (Lipinski definition) is 1. The minimum Gasteiger partial charge on any atom is -0.309 e. The monoisotopic (exact) mass is 318 g/mol. The van der Waals surface area contributed by atoms with Crippen molar-refractivity contribution in [3.05, 3.63) is 69.4 Å². The molecule has 0 aromatic heterocycles. The maximum atomic E-state index is 13.6. The molecule has 0 spiro atoms. The smallest absolute Gasteiger partial charge is 0.129 e. The molecular weight excluding hydrogens is 307 g/mol. The van der Waals surface area contributed by atoms with Crippen molar-refractivity contribution in [3.8, 4) is 6.07 Å². The van der Waals surface area contributed by atoms with Crippen LogP contribution in [0, 0.1) is 17.1 Å². The van der Waals surface area contributed by atoms with Crippen LogP contribution in [0.1, 0.15) is 16.7 Å². The lowest BCUT2D eigenvalue weighted by atomic mass is 10.1. The Bertz CT molecular complexity index is 620. The van der Waals surface area contributed by atoms with Crippen LogP contribution in [0.4, 0.5) is 4.39 Å². The number of rotatable bonds is 4. The van der Waals surface area contributed by atoms with E-state index < -0.39 is 0 Å². The fourth-order valence-electron chi connectivity index (χ4n) is 1.75. The molecule has 2 aromatic rings. The predicted molar refractivity (Wildman–Crippen MR) is 75.8 cm³/mol. The first-order valence-electron chi connectivity index (χ1n) is 5.83. The van der Waals surface area contributed by atoms with Gasteiger partial charge in [0, 0.05) is 23.1 Å². The molecule has 0 aliphatic heterocycles. The van der Waals surface area contributed by atoms with Gasteiger partial charge in [-0.25, -0.2) is 4.39 Å². The Balaban J connectivity index is 1.94. The Morgan fingerprint density at radius 3 is 2.68 bits per heavy atom. The molecular formula is C15H12BrFN2. The number of halogens is 2. The Hall–Kier alpha value is -1.70. The van der Waals surface area contributed by atoms with Gasteiger partial charge in [-0.15, -0.1) is 0 Å². The van der Waals surface area contributed by atoms with Crippen molar-refractivity contribution in [2.24, 2.45) is 0 Å². The highest BCUT2D eigenvalue weighted by Gasteiger charge is 2.03. The van der Waals surface area contributed by atoms with Crippen molar-refractivity contribution in [3.63, 3.8) is 0 Å². The second-order valence-corrected chi connectivity index (χ2v) is 5.07. The van der Waals surface area contributed by atoms with Gasteiger partial charge in [-0.1, -0.05) is 34.1 Å². The van der Waals surface area contributed by atoms with E-state index in [1.54, 1.807) is 12.1 Å². The van der Waals surface area contributed by atoms with Crippen LogP contribution in [0.5, 0.6) is 0 Å². The van der Waals surface area contributed by atoms with Gasteiger partial charge >= 0.3 is 0 Å². The number of benzene rings is 2. The van der Waals surface area contributed by atoms with Crippen LogP contribution in [0.2, 0.25) is 0 Å². The Labute approximate surface area is 120 Å². The third-order valence-corrected chi connectivity index (χ3v) is 3.21. The van der Waals surface area contributed by atoms with Gasteiger partial charge in [-0.3, -0.25) is 0 Å². The van der Waals surface area contributed by atoms with Gasteiger partial charge in [0.2, 0.25) is 0 Å². The Kier molecular flexibility index (Phi) is 4.67. The van der Waals surface area contributed by atoms with Crippen molar-refractivity contribution in [2.75, 3.05) is 0 Å². The third kappa shape index (κ3) is 3.88. The van der Waals surface area contributed by atoms with E-state index in [-0.39, 0.29) is 5.82 Å². The molecule has 1 N–H and O–H groups in total. The first-order chi connectivity index (χ1) is 9.19. The summed E-state index contributed by atoms with van der Waals surface area (Å²) in [5, 5.41) is 11.8. The van der Waals surface area contributed by atoms with Crippen molar-refractivity contribution < 1.29 is 4.39 Å². The van der Waals surface area contributed by atoms with Gasteiger partial charge in [0.05, 0.1) is 11.6 Å². The third-order valence-electron chi connectivity index (χ3n) is 2.72. The zero-order chi connectivity index (χ0) is 13.7. The van der Waals surface area contributed by atoms with Gasteiger partial charge < -0.3 is 5.32 Å². The summed E-state index contributed by atoms with van der Waals surface area (Å²) in [6.45, 7) is 1.10. The van der Waals surface area contributed by atoms with Gasteiger partial charge in [0.1, 0.15) is 5.82 Å². The molecule has 0 bridgehead atoms. The van der Waals surface area contributed by atoms with Crippen molar-refractivity contribution in [1.29, 1.82) is 5.26 Å². The Morgan fingerprint density at radius 2 is 2.00 bits per heavy atom. The summed E-state index contributed by atoms with van der Waals surface area (Å²) in [4.78, 5) is 0. The first kappa shape index (κ1) is 13.7. The van der Waals surface area contributed by atoms with E-state index in [1.165, 1.54) is 6.07 Å². The molecule has 0 saturated heterocycles. The molecule has 0 heterocycles. The Morgan fingerprint density at radius 1 is 1.16 bits per heavy atom. The van der Waals surface area contributed by atoms with E-state index >= 15 is 0 Å². The summed E-state index contributed by atoms with van der Waals surface area (Å²) in [7, 11) is 0. The van der Waals surface area contributed by atoms with E-state index in [4.69, 9.17) is 5.26 Å². The molecule has 0 fully saturated rings. The topological polar surface area (TPSA) is 35.8 Å². The first-order valence-corrected chi connectivity index (χ1v) is 6.62. The zero-order valence-electron chi connectivity index (χ0n) is 10.2. The zero-order valence-corrected chi connectivity index (χ0v) is 11.7. The van der Waals surface area contributed by atoms with Crippen LogP contribution in [0.25, 0.3) is 0 Å². The quantitative estimate of drug-likeness (QED) is 0.932. The fraction of sp³-hybridized carbons (Fsp3) is 0.133. The second kappa shape index (κ2) is 6.46. The second-order valence-electron chi connectivity index (χ2n) is 4.15. The summed E-state index contributed by atoms with van der Waals surface area (Å²) in [6, 6.07) is 14.4. The number of nitrogens with one attached hydrogen (secondary N) is 1. The minimum atomic E-state index is -0.346. The van der Waals surface area contributed by atoms with E-state index in [1.807, 2.05) is 30.3 Å². The average molecular weight is 319 g/mol. The maximum absolute atomic E-state index is 13.6. The summed E-state index contributed by atoms with van der Waals surface area (Å²) < 4.78 is 14.7. The maximum Gasteiger partial charge on any atom is 0.129 e. The molecule has 0 atom stereocenters. The number of hydrogen-bond acceptors (Lipinski definition) is 2. The lowest BCUT2D eigenvalue weighted by molar-refractivity contribution is 0.587. The largest absolute Gasteiger partial charge is 0.309 e. The molecule has 4 heteroatoms. The van der Waals surface area contributed by atoms with Crippen LogP contribution in [0.15, 0.2) is 46.9 Å². The molecule has 2 nitrogen and oxygen atoms in total. The van der Waals surface area contributed by atoms with E-state index in [9.17, 15) is 4.39 Å². The van der Waals surface area contributed by atoms with Gasteiger partial charge in [0.15, 0.2) is 0 Å². The standard InChI is InChI=1S/C15H12BrFN2/c16-14-3-1-2-12(6-14)9-19-10-13-5-4-11(8-18)7-15(13)17/h1-7,19H,9-10H2. The van der Waals surface area contributed by atoms with Crippen molar-refractivity contribution in [2.45, 2.75) is 13.1 Å². The molecule has 0 saturated carbocycles. The van der Waals surface area contributed by atoms with Crippen LogP contribution in [-0.4, -0.2) is 0 Å². The molecule has 96 valence electrons. The number of nitrogens with zero attached hydrogens (tertiary/aromatic N) is 1. The highest BCUT2D eigenvalue weighted by Crippen LogP contribution is 2.12. The molecule has 0 radical (unpaired) electrons. The molecule has 0 amide bonds. The highest BCUT2D eigenvalue weighted by molar-refractivity contribution is 9.10. The average Bonchev–Trinajstić information content (AvgIpc) is 2.40. The molecule has 0 aliphatic carbocycles. The summed E-state index contributed by atoms with van der Waals surface area (Å²) >= 11 is 3.41. The SMILES string of the molecule is N#Cc1ccc(CNCc2cccc(Br)c2)c(F)c1. The lowest BCUT2D eigenvalue weighted by Crippen LogP contribution is -2.13. The predicted octanol–water partition coefficient (Wildman–Crippen LogP) is 3.75. The van der Waals surface area contributed by atoms with Gasteiger partial charge in [0.25, 0.3) is 0 Å². The number of nitriles is 1. The van der Waals surface area contributed by atoms with Crippen molar-refractivity contribution in [1.82, 2.24) is 5.32 Å².